The Kier molecular flexibility index (Phi) is 5.77. The summed E-state index contributed by atoms with van der Waals surface area (Å²) in [6.45, 7) is 8.01. The fourth-order valence-corrected chi connectivity index (χ4v) is 3.82. The third-order valence-corrected chi connectivity index (χ3v) is 5.79. The van der Waals surface area contributed by atoms with Crippen LogP contribution in [-0.2, 0) is 15.9 Å². The van der Waals surface area contributed by atoms with Crippen LogP contribution in [0, 0.1) is 0 Å². The number of ether oxygens (including phenoxy) is 2. The molecule has 2 saturated heterocycles. The topological polar surface area (TPSA) is 24.9 Å². The largest absolute Gasteiger partial charge is 0.369 e. The van der Waals surface area contributed by atoms with Crippen LogP contribution < -0.4 is 4.90 Å². The van der Waals surface area contributed by atoms with E-state index in [0.717, 1.165) is 38.2 Å². The van der Waals surface area contributed by atoms with Gasteiger partial charge in [0.25, 0.3) is 0 Å². The number of hydrogen-bond donors (Lipinski definition) is 0. The van der Waals surface area contributed by atoms with Gasteiger partial charge in [0.15, 0.2) is 6.29 Å². The third-order valence-electron chi connectivity index (χ3n) is 5.79. The number of aryl methyl sites for hydroxylation is 1. The molecule has 0 saturated carbocycles. The van der Waals surface area contributed by atoms with E-state index in [0.29, 0.717) is 19.1 Å². The van der Waals surface area contributed by atoms with E-state index in [9.17, 15) is 0 Å². The first-order valence-corrected chi connectivity index (χ1v) is 10.1. The molecule has 4 rings (SSSR count). The zero-order chi connectivity index (χ0) is 18.6. The van der Waals surface area contributed by atoms with Gasteiger partial charge in [-0.25, -0.2) is 0 Å². The minimum atomic E-state index is -0.252. The van der Waals surface area contributed by atoms with Gasteiger partial charge in [-0.05, 0) is 36.7 Å². The van der Waals surface area contributed by atoms with Gasteiger partial charge in [-0.1, -0.05) is 43.3 Å². The molecule has 2 aliphatic rings. The molecule has 0 atom stereocenters. The van der Waals surface area contributed by atoms with Gasteiger partial charge in [0.1, 0.15) is 0 Å². The number of benzene rings is 2. The van der Waals surface area contributed by atoms with Gasteiger partial charge in [-0.2, -0.15) is 0 Å². The monoisotopic (exact) mass is 366 g/mol. The van der Waals surface area contributed by atoms with E-state index in [1.165, 1.54) is 16.8 Å². The van der Waals surface area contributed by atoms with Crippen molar-refractivity contribution in [1.29, 1.82) is 0 Å². The summed E-state index contributed by atoms with van der Waals surface area (Å²) in [5.41, 5.74) is 5.06. The van der Waals surface area contributed by atoms with Crippen molar-refractivity contribution in [3.63, 3.8) is 0 Å². The quantitative estimate of drug-likeness (QED) is 0.821. The van der Waals surface area contributed by atoms with Gasteiger partial charge in [-0.15, -0.1) is 0 Å². The highest BCUT2D eigenvalue weighted by molar-refractivity contribution is 5.48. The standard InChI is InChI=1S/C23H30N2O2/c1-3-18-4-6-19(7-5-18)21-16-26-23(27-17-21)20-8-10-22(11-9-20)25-14-12-24(2)13-15-25/h4-11,21,23H,3,12-17H2,1-2H3. The molecule has 4 heteroatoms. The Morgan fingerprint density at radius 3 is 2.00 bits per heavy atom. The molecular formula is C23H30N2O2. The van der Waals surface area contributed by atoms with Crippen molar-refractivity contribution in [1.82, 2.24) is 4.90 Å². The Morgan fingerprint density at radius 1 is 0.815 bits per heavy atom. The summed E-state index contributed by atoms with van der Waals surface area (Å²) in [6.07, 6.45) is 0.821. The Hall–Kier alpha value is -1.88. The van der Waals surface area contributed by atoms with E-state index in [2.05, 4.69) is 72.3 Å². The summed E-state index contributed by atoms with van der Waals surface area (Å²) >= 11 is 0. The highest BCUT2D eigenvalue weighted by Crippen LogP contribution is 2.31. The summed E-state index contributed by atoms with van der Waals surface area (Å²) in [5, 5.41) is 0. The second-order valence-corrected chi connectivity index (χ2v) is 7.67. The zero-order valence-corrected chi connectivity index (χ0v) is 16.4. The maximum absolute atomic E-state index is 6.04. The summed E-state index contributed by atoms with van der Waals surface area (Å²) in [6, 6.07) is 17.5. The lowest BCUT2D eigenvalue weighted by molar-refractivity contribution is -0.191. The molecule has 0 spiro atoms. The molecule has 0 aromatic heterocycles. The average molecular weight is 367 g/mol. The van der Waals surface area contributed by atoms with Crippen LogP contribution in [0.2, 0.25) is 0 Å². The van der Waals surface area contributed by atoms with E-state index in [1.807, 2.05) is 0 Å². The van der Waals surface area contributed by atoms with Crippen LogP contribution in [0.3, 0.4) is 0 Å². The molecule has 27 heavy (non-hydrogen) atoms. The Labute approximate surface area is 162 Å². The van der Waals surface area contributed by atoms with E-state index >= 15 is 0 Å². The molecule has 0 N–H and O–H groups in total. The van der Waals surface area contributed by atoms with Crippen molar-refractivity contribution in [2.45, 2.75) is 25.6 Å². The molecular weight excluding hydrogens is 336 g/mol. The predicted octanol–water partition coefficient (Wildman–Crippen LogP) is 3.83. The van der Waals surface area contributed by atoms with E-state index in [4.69, 9.17) is 9.47 Å². The fourth-order valence-electron chi connectivity index (χ4n) is 3.82. The minimum Gasteiger partial charge on any atom is -0.369 e. The fraction of sp³-hybridized carbons (Fsp3) is 0.478. The van der Waals surface area contributed by atoms with Crippen LogP contribution in [-0.4, -0.2) is 51.3 Å². The van der Waals surface area contributed by atoms with Crippen LogP contribution >= 0.6 is 0 Å². The summed E-state index contributed by atoms with van der Waals surface area (Å²) in [7, 11) is 2.18. The molecule has 2 aromatic carbocycles. The maximum atomic E-state index is 6.04. The molecule has 0 amide bonds. The van der Waals surface area contributed by atoms with Gasteiger partial charge >= 0.3 is 0 Å². The van der Waals surface area contributed by atoms with Crippen molar-refractivity contribution in [2.24, 2.45) is 0 Å². The first-order valence-electron chi connectivity index (χ1n) is 10.1. The number of nitrogens with zero attached hydrogens (tertiary/aromatic N) is 2. The lowest BCUT2D eigenvalue weighted by Gasteiger charge is -2.34. The number of anilines is 1. The van der Waals surface area contributed by atoms with E-state index in [1.54, 1.807) is 0 Å². The van der Waals surface area contributed by atoms with Crippen LogP contribution in [0.15, 0.2) is 48.5 Å². The lowest BCUT2D eigenvalue weighted by atomic mass is 9.98. The molecule has 2 heterocycles. The highest BCUT2D eigenvalue weighted by atomic mass is 16.7. The number of hydrogen-bond acceptors (Lipinski definition) is 4. The molecule has 0 aliphatic carbocycles. The van der Waals surface area contributed by atoms with Crippen LogP contribution in [0.25, 0.3) is 0 Å². The Morgan fingerprint density at radius 2 is 1.41 bits per heavy atom. The molecule has 0 unspecified atom stereocenters. The normalized spacial score (nSPS) is 24.1. The SMILES string of the molecule is CCc1ccc(C2COC(c3ccc(N4CCN(C)CC4)cc3)OC2)cc1. The first-order chi connectivity index (χ1) is 13.2. The summed E-state index contributed by atoms with van der Waals surface area (Å²) < 4.78 is 12.1. The molecule has 2 aromatic rings. The van der Waals surface area contributed by atoms with Crippen molar-refractivity contribution in [3.8, 4) is 0 Å². The van der Waals surface area contributed by atoms with Gasteiger partial charge in [-0.3, -0.25) is 0 Å². The van der Waals surface area contributed by atoms with Gasteiger partial charge in [0.05, 0.1) is 13.2 Å². The third kappa shape index (κ3) is 4.34. The van der Waals surface area contributed by atoms with Gasteiger partial charge in [0, 0.05) is 43.3 Å². The predicted molar refractivity (Wildman–Crippen MR) is 109 cm³/mol. The smallest absolute Gasteiger partial charge is 0.183 e. The number of piperazine rings is 1. The number of likely N-dealkylation sites (N-methyl/N-ethyl adjacent to an activating group) is 1. The maximum Gasteiger partial charge on any atom is 0.183 e. The van der Waals surface area contributed by atoms with Gasteiger partial charge < -0.3 is 19.3 Å². The Bertz CT molecular complexity index is 713. The summed E-state index contributed by atoms with van der Waals surface area (Å²) in [5.74, 6) is 0.316. The molecule has 144 valence electrons. The molecule has 2 fully saturated rings. The van der Waals surface area contributed by atoms with Crippen molar-refractivity contribution >= 4 is 5.69 Å². The molecule has 0 radical (unpaired) electrons. The second-order valence-electron chi connectivity index (χ2n) is 7.67. The number of rotatable bonds is 4. The van der Waals surface area contributed by atoms with Crippen molar-refractivity contribution < 1.29 is 9.47 Å². The average Bonchev–Trinajstić information content (AvgIpc) is 2.75. The van der Waals surface area contributed by atoms with Crippen molar-refractivity contribution in [3.05, 3.63) is 65.2 Å². The molecule has 2 aliphatic heterocycles. The van der Waals surface area contributed by atoms with Crippen LogP contribution in [0.4, 0.5) is 5.69 Å². The van der Waals surface area contributed by atoms with Crippen LogP contribution in [0.5, 0.6) is 0 Å². The van der Waals surface area contributed by atoms with Crippen LogP contribution in [0.1, 0.15) is 35.8 Å². The van der Waals surface area contributed by atoms with Crippen molar-refractivity contribution in [2.75, 3.05) is 51.3 Å². The zero-order valence-electron chi connectivity index (χ0n) is 16.4. The van der Waals surface area contributed by atoms with E-state index in [-0.39, 0.29) is 6.29 Å². The first kappa shape index (κ1) is 18.5. The highest BCUT2D eigenvalue weighted by Gasteiger charge is 2.25. The molecule has 0 bridgehead atoms. The Balaban J connectivity index is 1.33. The second kappa shape index (κ2) is 8.42. The minimum absolute atomic E-state index is 0.252. The summed E-state index contributed by atoms with van der Waals surface area (Å²) in [4.78, 5) is 4.82. The molecule has 4 nitrogen and oxygen atoms in total. The van der Waals surface area contributed by atoms with E-state index < -0.39 is 0 Å². The lowest BCUT2D eigenvalue weighted by Crippen LogP contribution is -2.44. The van der Waals surface area contributed by atoms with Gasteiger partial charge in [0.2, 0.25) is 0 Å².